The molecule has 0 N–H and O–H groups in total. The van der Waals surface area contributed by atoms with Gasteiger partial charge in [0, 0.05) is 42.7 Å². The van der Waals surface area contributed by atoms with E-state index in [0.29, 0.717) is 41.4 Å². The van der Waals surface area contributed by atoms with Crippen molar-refractivity contribution >= 4 is 34.1 Å². The van der Waals surface area contributed by atoms with Crippen LogP contribution in [0.3, 0.4) is 0 Å². The Morgan fingerprint density at radius 1 is 1.19 bits per heavy atom. The highest BCUT2D eigenvalue weighted by Crippen LogP contribution is 2.26. The minimum absolute atomic E-state index is 0.0350. The quantitative estimate of drug-likeness (QED) is 0.609. The van der Waals surface area contributed by atoms with E-state index < -0.39 is 0 Å². The fraction of sp³-hybridized carbons (Fsp3) is 0.391. The van der Waals surface area contributed by atoms with Crippen LogP contribution in [0.25, 0.3) is 16.6 Å². The molecule has 162 valence electrons. The molecule has 3 heterocycles. The van der Waals surface area contributed by atoms with E-state index in [0.717, 1.165) is 16.9 Å². The SMILES string of the molecule is Cc1nc(=O)c2cc(Cl)ccc2n1C1=CCN(C(=O)c2cc(C(C)(C)C)nn2C)CC1. The fourth-order valence-corrected chi connectivity index (χ4v) is 4.08. The number of halogens is 1. The van der Waals surface area contributed by atoms with Gasteiger partial charge in [-0.15, -0.1) is 0 Å². The summed E-state index contributed by atoms with van der Waals surface area (Å²) in [5, 5.41) is 5.51. The summed E-state index contributed by atoms with van der Waals surface area (Å²) in [4.78, 5) is 31.4. The number of aryl methyl sites for hydroxylation is 2. The zero-order valence-corrected chi connectivity index (χ0v) is 19.2. The van der Waals surface area contributed by atoms with Crippen LogP contribution in [-0.2, 0) is 12.5 Å². The zero-order valence-electron chi connectivity index (χ0n) is 18.4. The van der Waals surface area contributed by atoms with E-state index in [-0.39, 0.29) is 16.9 Å². The Kier molecular flexibility index (Phi) is 5.25. The second-order valence-electron chi connectivity index (χ2n) is 8.95. The van der Waals surface area contributed by atoms with Gasteiger partial charge in [-0.1, -0.05) is 32.4 Å². The van der Waals surface area contributed by atoms with E-state index in [4.69, 9.17) is 11.6 Å². The monoisotopic (exact) mass is 439 g/mol. The van der Waals surface area contributed by atoms with E-state index in [2.05, 4.69) is 30.9 Å². The number of amides is 1. The average molecular weight is 440 g/mol. The minimum Gasteiger partial charge on any atom is -0.333 e. The Morgan fingerprint density at radius 3 is 2.55 bits per heavy atom. The molecule has 1 aliphatic heterocycles. The van der Waals surface area contributed by atoms with Crippen molar-refractivity contribution in [2.75, 3.05) is 13.1 Å². The van der Waals surface area contributed by atoms with Gasteiger partial charge in [0.25, 0.3) is 11.5 Å². The maximum Gasteiger partial charge on any atom is 0.280 e. The van der Waals surface area contributed by atoms with E-state index in [1.165, 1.54) is 0 Å². The van der Waals surface area contributed by atoms with E-state index in [9.17, 15) is 9.59 Å². The summed E-state index contributed by atoms with van der Waals surface area (Å²) >= 11 is 6.08. The van der Waals surface area contributed by atoms with Crippen molar-refractivity contribution in [2.45, 2.75) is 39.5 Å². The summed E-state index contributed by atoms with van der Waals surface area (Å²) in [5.74, 6) is 0.583. The molecule has 3 aromatic rings. The maximum atomic E-state index is 13.1. The fourth-order valence-electron chi connectivity index (χ4n) is 3.91. The third kappa shape index (κ3) is 3.90. The Balaban J connectivity index is 1.65. The summed E-state index contributed by atoms with van der Waals surface area (Å²) in [6, 6.07) is 7.15. The lowest BCUT2D eigenvalue weighted by molar-refractivity contribution is 0.0761. The summed E-state index contributed by atoms with van der Waals surface area (Å²) in [6.45, 7) is 9.11. The van der Waals surface area contributed by atoms with Crippen LogP contribution in [0.5, 0.6) is 0 Å². The molecule has 0 saturated heterocycles. The number of carbonyl (C=O) groups excluding carboxylic acids is 1. The number of carbonyl (C=O) groups is 1. The van der Waals surface area contributed by atoms with Gasteiger partial charge in [0.15, 0.2) is 0 Å². The molecule has 0 bridgehead atoms. The number of hydrogen-bond donors (Lipinski definition) is 0. The van der Waals surface area contributed by atoms with Crippen LogP contribution < -0.4 is 5.56 Å². The standard InChI is InChI=1S/C23H26ClN5O2/c1-14-25-21(30)17-12-15(24)6-7-18(17)29(14)16-8-10-28(11-9-16)22(31)19-13-20(23(2,3)4)26-27(19)5/h6-8,12-13H,9-11H2,1-5H3. The highest BCUT2D eigenvalue weighted by molar-refractivity contribution is 6.31. The highest BCUT2D eigenvalue weighted by Gasteiger charge is 2.26. The lowest BCUT2D eigenvalue weighted by atomic mass is 9.92. The molecule has 0 radical (unpaired) electrons. The first-order chi connectivity index (χ1) is 14.6. The number of benzene rings is 1. The summed E-state index contributed by atoms with van der Waals surface area (Å²) in [6.07, 6.45) is 2.68. The largest absolute Gasteiger partial charge is 0.333 e. The molecule has 0 fully saturated rings. The van der Waals surface area contributed by atoms with Crippen LogP contribution in [0.1, 0.15) is 49.2 Å². The number of rotatable bonds is 2. The van der Waals surface area contributed by atoms with Crippen LogP contribution in [0.15, 0.2) is 35.1 Å². The molecular weight excluding hydrogens is 414 g/mol. The first kappa shape index (κ1) is 21.3. The van der Waals surface area contributed by atoms with Gasteiger partial charge < -0.3 is 9.47 Å². The lowest BCUT2D eigenvalue weighted by Crippen LogP contribution is -2.36. The van der Waals surface area contributed by atoms with Crippen molar-refractivity contribution in [3.05, 3.63) is 62.9 Å². The maximum absolute atomic E-state index is 13.1. The molecule has 0 atom stereocenters. The Labute approximate surface area is 185 Å². The molecule has 7 nitrogen and oxygen atoms in total. The van der Waals surface area contributed by atoms with Crippen molar-refractivity contribution in [1.29, 1.82) is 0 Å². The molecule has 8 heteroatoms. The molecular formula is C23H26ClN5O2. The van der Waals surface area contributed by atoms with Crippen molar-refractivity contribution in [3.8, 4) is 0 Å². The topological polar surface area (TPSA) is 73.0 Å². The first-order valence-electron chi connectivity index (χ1n) is 10.3. The van der Waals surface area contributed by atoms with E-state index >= 15 is 0 Å². The van der Waals surface area contributed by atoms with E-state index in [1.807, 2.05) is 34.6 Å². The van der Waals surface area contributed by atoms with Gasteiger partial charge >= 0.3 is 0 Å². The van der Waals surface area contributed by atoms with Gasteiger partial charge in [-0.3, -0.25) is 14.3 Å². The molecule has 2 aromatic heterocycles. The Bertz CT molecular complexity index is 1280. The predicted molar refractivity (Wildman–Crippen MR) is 122 cm³/mol. The Morgan fingerprint density at radius 2 is 1.94 bits per heavy atom. The first-order valence-corrected chi connectivity index (χ1v) is 10.7. The summed E-state index contributed by atoms with van der Waals surface area (Å²) in [7, 11) is 1.81. The molecule has 1 amide bonds. The molecule has 0 unspecified atom stereocenters. The zero-order chi connectivity index (χ0) is 22.5. The number of fused-ring (bicyclic) bond motifs is 1. The molecule has 31 heavy (non-hydrogen) atoms. The lowest BCUT2D eigenvalue weighted by Gasteiger charge is -2.28. The second-order valence-corrected chi connectivity index (χ2v) is 9.38. The predicted octanol–water partition coefficient (Wildman–Crippen LogP) is 3.78. The number of aromatic nitrogens is 4. The Hall–Kier alpha value is -2.93. The molecule has 4 rings (SSSR count). The van der Waals surface area contributed by atoms with Gasteiger partial charge in [-0.05, 0) is 37.3 Å². The minimum atomic E-state index is -0.287. The normalized spacial score (nSPS) is 14.8. The molecule has 1 aromatic carbocycles. The number of hydrogen-bond acceptors (Lipinski definition) is 4. The van der Waals surface area contributed by atoms with Crippen LogP contribution in [0.4, 0.5) is 0 Å². The summed E-state index contributed by atoms with van der Waals surface area (Å²) < 4.78 is 3.64. The average Bonchev–Trinajstić information content (AvgIpc) is 3.10. The molecule has 0 saturated carbocycles. The van der Waals surface area contributed by atoms with Crippen molar-refractivity contribution in [1.82, 2.24) is 24.2 Å². The van der Waals surface area contributed by atoms with Crippen LogP contribution >= 0.6 is 11.6 Å². The third-order valence-corrected chi connectivity index (χ3v) is 5.88. The van der Waals surface area contributed by atoms with Crippen molar-refractivity contribution in [2.24, 2.45) is 7.05 Å². The van der Waals surface area contributed by atoms with Crippen LogP contribution in [0.2, 0.25) is 5.02 Å². The van der Waals surface area contributed by atoms with Crippen molar-refractivity contribution in [3.63, 3.8) is 0 Å². The molecule has 0 spiro atoms. The van der Waals surface area contributed by atoms with Crippen LogP contribution in [-0.4, -0.2) is 43.2 Å². The van der Waals surface area contributed by atoms with E-state index in [1.54, 1.807) is 23.9 Å². The van der Waals surface area contributed by atoms with Gasteiger partial charge in [0.1, 0.15) is 11.5 Å². The second kappa shape index (κ2) is 7.64. The smallest absolute Gasteiger partial charge is 0.280 e. The third-order valence-electron chi connectivity index (χ3n) is 5.64. The van der Waals surface area contributed by atoms with Gasteiger partial charge in [-0.2, -0.15) is 10.1 Å². The van der Waals surface area contributed by atoms with Gasteiger partial charge in [-0.25, -0.2) is 0 Å². The summed E-state index contributed by atoms with van der Waals surface area (Å²) in [5.41, 5.74) is 2.86. The van der Waals surface area contributed by atoms with Crippen LogP contribution in [0, 0.1) is 6.92 Å². The van der Waals surface area contributed by atoms with Gasteiger partial charge in [0.2, 0.25) is 0 Å². The molecule has 1 aliphatic rings. The van der Waals surface area contributed by atoms with Gasteiger partial charge in [0.05, 0.1) is 16.6 Å². The molecule has 0 aliphatic carbocycles. The number of nitrogens with zero attached hydrogens (tertiary/aromatic N) is 5. The highest BCUT2D eigenvalue weighted by atomic mass is 35.5. The van der Waals surface area contributed by atoms with Crippen molar-refractivity contribution < 1.29 is 4.79 Å².